The van der Waals surface area contributed by atoms with Gasteiger partial charge in [-0.05, 0) is 56.0 Å². The number of nitrogens with zero attached hydrogens (tertiary/aromatic N) is 1. The van der Waals surface area contributed by atoms with Gasteiger partial charge in [0.1, 0.15) is 24.2 Å². The highest BCUT2D eigenvalue weighted by Crippen LogP contribution is 2.34. The van der Waals surface area contributed by atoms with Gasteiger partial charge in [0.15, 0.2) is 0 Å². The van der Waals surface area contributed by atoms with Gasteiger partial charge in [0.2, 0.25) is 11.8 Å². The van der Waals surface area contributed by atoms with Gasteiger partial charge in [0.05, 0.1) is 31.2 Å². The second-order valence-electron chi connectivity index (χ2n) is 9.63. The molecule has 36 heavy (non-hydrogen) atoms. The Bertz CT molecular complexity index is 1160. The first-order valence-electron chi connectivity index (χ1n) is 12.4. The highest BCUT2D eigenvalue weighted by molar-refractivity contribution is 6.00. The summed E-state index contributed by atoms with van der Waals surface area (Å²) in [5, 5.41) is 5.79. The van der Waals surface area contributed by atoms with E-state index < -0.39 is 0 Å². The van der Waals surface area contributed by atoms with Crippen LogP contribution in [0.4, 0.5) is 11.4 Å². The van der Waals surface area contributed by atoms with E-state index in [2.05, 4.69) is 10.6 Å². The van der Waals surface area contributed by atoms with E-state index in [1.165, 1.54) is 0 Å². The predicted molar refractivity (Wildman–Crippen MR) is 133 cm³/mol. The molecule has 3 atom stereocenters. The van der Waals surface area contributed by atoms with Gasteiger partial charge in [0, 0.05) is 30.4 Å². The molecule has 0 spiro atoms. The summed E-state index contributed by atoms with van der Waals surface area (Å²) in [6, 6.07) is 12.2. The Kier molecular flexibility index (Phi) is 6.82. The molecule has 1 saturated heterocycles. The van der Waals surface area contributed by atoms with Crippen LogP contribution in [-0.4, -0.2) is 61.6 Å². The summed E-state index contributed by atoms with van der Waals surface area (Å²) in [5.74, 6) is 0.865. The second-order valence-corrected chi connectivity index (χ2v) is 9.63. The van der Waals surface area contributed by atoms with Gasteiger partial charge in [0.25, 0.3) is 5.91 Å². The predicted octanol–water partition coefficient (Wildman–Crippen LogP) is 3.45. The molecule has 0 unspecified atom stereocenters. The number of hydrogen-bond donors (Lipinski definition) is 2. The summed E-state index contributed by atoms with van der Waals surface area (Å²) < 4.78 is 17.5. The summed E-state index contributed by atoms with van der Waals surface area (Å²) in [4.78, 5) is 39.8. The molecule has 2 fully saturated rings. The van der Waals surface area contributed by atoms with Crippen molar-refractivity contribution in [3.63, 3.8) is 0 Å². The highest BCUT2D eigenvalue weighted by atomic mass is 16.5. The Morgan fingerprint density at radius 2 is 1.86 bits per heavy atom. The number of hydrogen-bond acceptors (Lipinski definition) is 6. The Hall–Kier alpha value is -3.59. The van der Waals surface area contributed by atoms with Gasteiger partial charge in [-0.2, -0.15) is 0 Å². The second kappa shape index (κ2) is 10.2. The van der Waals surface area contributed by atoms with Crippen LogP contribution in [0.3, 0.4) is 0 Å². The maximum absolute atomic E-state index is 13.3. The Morgan fingerprint density at radius 1 is 1.06 bits per heavy atom. The summed E-state index contributed by atoms with van der Waals surface area (Å²) in [6.07, 6.45) is 2.74. The van der Waals surface area contributed by atoms with Gasteiger partial charge in [-0.15, -0.1) is 0 Å². The van der Waals surface area contributed by atoms with Crippen LogP contribution in [0.25, 0.3) is 0 Å². The number of ether oxygens (including phenoxy) is 3. The van der Waals surface area contributed by atoms with Gasteiger partial charge in [-0.3, -0.25) is 14.4 Å². The number of carbonyl (C=O) groups excluding carboxylic acids is 3. The van der Waals surface area contributed by atoms with Crippen LogP contribution in [0.2, 0.25) is 0 Å². The molecule has 190 valence electrons. The first-order valence-corrected chi connectivity index (χ1v) is 12.4. The molecule has 5 rings (SSSR count). The van der Waals surface area contributed by atoms with Crippen LogP contribution < -0.4 is 20.1 Å². The van der Waals surface area contributed by atoms with E-state index in [-0.39, 0.29) is 54.9 Å². The number of benzene rings is 2. The van der Waals surface area contributed by atoms with Crippen molar-refractivity contribution in [2.75, 3.05) is 31.4 Å². The molecular weight excluding hydrogens is 462 g/mol. The summed E-state index contributed by atoms with van der Waals surface area (Å²) in [6.45, 7) is 0.261. The monoisotopic (exact) mass is 493 g/mol. The molecular formula is C27H31N3O6. The van der Waals surface area contributed by atoms with Gasteiger partial charge in [-0.1, -0.05) is 6.07 Å². The Labute approximate surface area is 210 Å². The third-order valence-corrected chi connectivity index (χ3v) is 6.99. The zero-order valence-corrected chi connectivity index (χ0v) is 20.5. The number of nitrogens with one attached hydrogen (secondary N) is 2. The van der Waals surface area contributed by atoms with Gasteiger partial charge < -0.3 is 29.7 Å². The first kappa shape index (κ1) is 24.1. The molecule has 2 aliphatic heterocycles. The molecule has 2 aromatic rings. The van der Waals surface area contributed by atoms with Crippen molar-refractivity contribution < 1.29 is 28.6 Å². The largest absolute Gasteiger partial charge is 0.497 e. The fourth-order valence-corrected chi connectivity index (χ4v) is 4.81. The van der Waals surface area contributed by atoms with E-state index in [4.69, 9.17) is 14.2 Å². The van der Waals surface area contributed by atoms with Crippen LogP contribution in [0.1, 0.15) is 42.5 Å². The number of likely N-dealkylation sites (N-methyl/N-ethyl adjacent to an activating group) is 1. The van der Waals surface area contributed by atoms with Gasteiger partial charge in [-0.25, -0.2) is 0 Å². The van der Waals surface area contributed by atoms with E-state index in [0.717, 1.165) is 12.8 Å². The van der Waals surface area contributed by atoms with E-state index >= 15 is 0 Å². The van der Waals surface area contributed by atoms with Crippen LogP contribution in [0, 0.1) is 5.92 Å². The van der Waals surface area contributed by atoms with E-state index in [9.17, 15) is 14.4 Å². The molecule has 9 heteroatoms. The van der Waals surface area contributed by atoms with E-state index in [1.54, 1.807) is 43.3 Å². The van der Waals surface area contributed by atoms with Crippen LogP contribution in [0.15, 0.2) is 42.5 Å². The van der Waals surface area contributed by atoms with Crippen molar-refractivity contribution in [3.8, 4) is 11.5 Å². The lowest BCUT2D eigenvalue weighted by molar-refractivity contribution is -0.130. The molecule has 2 aromatic carbocycles. The summed E-state index contributed by atoms with van der Waals surface area (Å²) in [7, 11) is 3.35. The van der Waals surface area contributed by atoms with Crippen molar-refractivity contribution in [2.45, 2.75) is 50.4 Å². The average molecular weight is 494 g/mol. The molecule has 1 saturated carbocycles. The normalized spacial score (nSPS) is 23.3. The summed E-state index contributed by atoms with van der Waals surface area (Å²) in [5.41, 5.74) is 1.68. The molecule has 0 aromatic heterocycles. The topological polar surface area (TPSA) is 106 Å². The van der Waals surface area contributed by atoms with Crippen LogP contribution >= 0.6 is 0 Å². The van der Waals surface area contributed by atoms with Gasteiger partial charge >= 0.3 is 0 Å². The smallest absolute Gasteiger partial charge is 0.257 e. The number of anilines is 2. The number of methoxy groups -OCH3 is 1. The Balaban J connectivity index is 1.23. The minimum Gasteiger partial charge on any atom is -0.497 e. The highest BCUT2D eigenvalue weighted by Gasteiger charge is 2.39. The lowest BCUT2D eigenvalue weighted by Crippen LogP contribution is -2.53. The summed E-state index contributed by atoms with van der Waals surface area (Å²) >= 11 is 0. The Morgan fingerprint density at radius 3 is 2.64 bits per heavy atom. The molecule has 2 heterocycles. The molecule has 3 aliphatic rings. The SMILES string of the molecule is COc1cccc(NC(=O)C[C@H]2CC[C@H]3[C@H](COc4ccc(NC(=O)C5CC5)cc4C(=O)N3C)O2)c1. The zero-order valence-electron chi connectivity index (χ0n) is 20.5. The fourth-order valence-electron chi connectivity index (χ4n) is 4.81. The van der Waals surface area contributed by atoms with Crippen molar-refractivity contribution in [3.05, 3.63) is 48.0 Å². The third kappa shape index (κ3) is 5.31. The zero-order chi connectivity index (χ0) is 25.2. The molecule has 9 nitrogen and oxygen atoms in total. The van der Waals surface area contributed by atoms with Crippen molar-refractivity contribution in [1.29, 1.82) is 0 Å². The first-order chi connectivity index (χ1) is 17.4. The lowest BCUT2D eigenvalue weighted by atomic mass is 9.94. The quantitative estimate of drug-likeness (QED) is 0.639. The number of fused-ring (bicyclic) bond motifs is 2. The van der Waals surface area contributed by atoms with Crippen molar-refractivity contribution >= 4 is 29.1 Å². The standard InChI is InChI=1S/C27H31N3O6/c1-30-22-10-9-20(14-25(31)28-17-4-3-5-19(12-17)34-2)36-24(22)15-35-23-11-8-18(13-21(23)27(30)33)29-26(32)16-6-7-16/h3-5,8,11-13,16,20,22,24H,6-7,9-10,14-15H2,1-2H3,(H,28,31)(H,29,32)/t20-,22+,24+/m1/s1. The van der Waals surface area contributed by atoms with E-state index in [1.807, 2.05) is 18.2 Å². The average Bonchev–Trinajstić information content (AvgIpc) is 3.72. The molecule has 0 bridgehead atoms. The van der Waals surface area contributed by atoms with Crippen molar-refractivity contribution in [1.82, 2.24) is 4.90 Å². The number of carbonyl (C=O) groups is 3. The number of rotatable bonds is 6. The van der Waals surface area contributed by atoms with Crippen molar-refractivity contribution in [2.24, 2.45) is 5.92 Å². The fraction of sp³-hybridized carbons (Fsp3) is 0.444. The van der Waals surface area contributed by atoms with Crippen LogP contribution in [-0.2, 0) is 14.3 Å². The van der Waals surface area contributed by atoms with Crippen LogP contribution in [0.5, 0.6) is 11.5 Å². The lowest BCUT2D eigenvalue weighted by Gasteiger charge is -2.42. The minimum absolute atomic E-state index is 0.00950. The minimum atomic E-state index is -0.357. The van der Waals surface area contributed by atoms with E-state index in [0.29, 0.717) is 41.3 Å². The number of amides is 3. The third-order valence-electron chi connectivity index (χ3n) is 6.99. The molecule has 0 radical (unpaired) electrons. The molecule has 1 aliphatic carbocycles. The molecule has 3 amide bonds. The maximum atomic E-state index is 13.3. The molecule has 2 N–H and O–H groups in total. The maximum Gasteiger partial charge on any atom is 0.257 e.